The number of para-hydroxylation sites is 1. The number of hydrogen-bond acceptors (Lipinski definition) is 8. The molecule has 0 radical (unpaired) electrons. The summed E-state index contributed by atoms with van der Waals surface area (Å²) in [7, 11) is 0. The highest BCUT2D eigenvalue weighted by Crippen LogP contribution is 2.29. The smallest absolute Gasteiger partial charge is 0.232 e. The topological polar surface area (TPSA) is 123 Å². The van der Waals surface area contributed by atoms with Gasteiger partial charge in [0.2, 0.25) is 5.89 Å². The summed E-state index contributed by atoms with van der Waals surface area (Å²) < 4.78 is 11.0. The normalized spacial score (nSPS) is 10.8. The van der Waals surface area contributed by atoms with E-state index in [2.05, 4.69) is 10.3 Å². The molecule has 0 unspecified atom stereocenters. The fourth-order valence-electron chi connectivity index (χ4n) is 3.41. The molecule has 0 spiro atoms. The fraction of sp³-hybridized carbons (Fsp3) is 0.0400. The minimum absolute atomic E-state index is 0.230. The molecule has 8 heteroatoms. The Bertz CT molecular complexity index is 1430. The maximum Gasteiger partial charge on any atom is 0.232 e. The Balaban J connectivity index is 1.51. The van der Waals surface area contributed by atoms with Gasteiger partial charge in [-0.2, -0.15) is 0 Å². The van der Waals surface area contributed by atoms with Crippen molar-refractivity contribution in [2.45, 2.75) is 6.61 Å². The average Bonchev–Trinajstić information content (AvgIpc) is 3.38. The summed E-state index contributed by atoms with van der Waals surface area (Å²) in [5, 5.41) is 11.8. The number of hydrogen-bond donors (Lipinski definition) is 3. The number of ether oxygens (including phenoxy) is 1. The second-order valence-corrected chi connectivity index (χ2v) is 7.27. The van der Waals surface area contributed by atoms with E-state index in [1.54, 1.807) is 12.3 Å². The zero-order valence-corrected chi connectivity index (χ0v) is 17.5. The summed E-state index contributed by atoms with van der Waals surface area (Å²) in [6.45, 7) is 0.230. The van der Waals surface area contributed by atoms with E-state index in [0.29, 0.717) is 34.5 Å². The van der Waals surface area contributed by atoms with Gasteiger partial charge in [-0.15, -0.1) is 0 Å². The van der Waals surface area contributed by atoms with Crippen LogP contribution >= 0.6 is 0 Å². The number of rotatable bonds is 7. The number of aromatic nitrogens is 3. The number of nitrogen functional groups attached to an aromatic ring is 1. The molecule has 0 saturated carbocycles. The van der Waals surface area contributed by atoms with Crippen LogP contribution in [-0.2, 0) is 6.61 Å². The Labute approximate surface area is 189 Å². The molecule has 2 heterocycles. The van der Waals surface area contributed by atoms with Crippen molar-refractivity contribution in [3.8, 4) is 17.1 Å². The van der Waals surface area contributed by atoms with Crippen molar-refractivity contribution >= 4 is 34.3 Å². The second-order valence-electron chi connectivity index (χ2n) is 7.27. The van der Waals surface area contributed by atoms with E-state index >= 15 is 0 Å². The van der Waals surface area contributed by atoms with Crippen LogP contribution in [0.4, 0.5) is 17.2 Å². The molecule has 0 atom stereocenters. The van der Waals surface area contributed by atoms with Gasteiger partial charge < -0.3 is 25.6 Å². The van der Waals surface area contributed by atoms with Gasteiger partial charge in [-0.05, 0) is 42.5 Å². The van der Waals surface area contributed by atoms with Gasteiger partial charge in [0, 0.05) is 34.1 Å². The number of nitrogens with one attached hydrogen (secondary N) is 2. The third kappa shape index (κ3) is 4.35. The zero-order chi connectivity index (χ0) is 22.6. The SMILES string of the molecule is N=Cc1cc(Nc2nc(-c3cccc(OCc4ncco4)c3)nc3ccccc23)ccc1N. The molecule has 0 amide bonds. The monoisotopic (exact) mass is 436 g/mol. The molecule has 0 saturated heterocycles. The summed E-state index contributed by atoms with van der Waals surface area (Å²) in [6.07, 6.45) is 4.32. The van der Waals surface area contributed by atoms with Crippen molar-refractivity contribution in [1.82, 2.24) is 15.0 Å². The first kappa shape index (κ1) is 20.2. The van der Waals surface area contributed by atoms with Crippen molar-refractivity contribution in [3.63, 3.8) is 0 Å². The molecule has 5 rings (SSSR count). The fourth-order valence-corrected chi connectivity index (χ4v) is 3.41. The number of benzene rings is 3. The molecule has 33 heavy (non-hydrogen) atoms. The number of nitrogens with zero attached hydrogens (tertiary/aromatic N) is 3. The van der Waals surface area contributed by atoms with E-state index < -0.39 is 0 Å². The van der Waals surface area contributed by atoms with Crippen LogP contribution in [0.3, 0.4) is 0 Å². The molecule has 0 aliphatic rings. The lowest BCUT2D eigenvalue weighted by Gasteiger charge is -2.13. The summed E-state index contributed by atoms with van der Waals surface area (Å²) in [4.78, 5) is 13.6. The number of fused-ring (bicyclic) bond motifs is 1. The van der Waals surface area contributed by atoms with Crippen LogP contribution in [0.2, 0.25) is 0 Å². The third-order valence-electron chi connectivity index (χ3n) is 5.05. The van der Waals surface area contributed by atoms with E-state index in [-0.39, 0.29) is 6.61 Å². The van der Waals surface area contributed by atoms with Gasteiger partial charge >= 0.3 is 0 Å². The largest absolute Gasteiger partial charge is 0.484 e. The highest BCUT2D eigenvalue weighted by atomic mass is 16.5. The Kier molecular flexibility index (Phi) is 5.38. The number of anilines is 3. The van der Waals surface area contributed by atoms with Crippen LogP contribution in [0.25, 0.3) is 22.3 Å². The maximum absolute atomic E-state index is 7.56. The van der Waals surface area contributed by atoms with Crippen LogP contribution in [0, 0.1) is 5.41 Å². The van der Waals surface area contributed by atoms with Crippen LogP contribution in [0.5, 0.6) is 5.75 Å². The van der Waals surface area contributed by atoms with Gasteiger partial charge in [0.15, 0.2) is 12.4 Å². The van der Waals surface area contributed by atoms with Crippen molar-refractivity contribution in [3.05, 3.63) is 90.6 Å². The third-order valence-corrected chi connectivity index (χ3v) is 5.05. The summed E-state index contributed by atoms with van der Waals surface area (Å²) in [5.41, 5.74) is 9.50. The van der Waals surface area contributed by atoms with Crippen molar-refractivity contribution in [2.24, 2.45) is 0 Å². The van der Waals surface area contributed by atoms with Crippen LogP contribution < -0.4 is 15.8 Å². The van der Waals surface area contributed by atoms with Crippen molar-refractivity contribution in [2.75, 3.05) is 11.1 Å². The Morgan fingerprint density at radius 3 is 2.79 bits per heavy atom. The van der Waals surface area contributed by atoms with Gasteiger partial charge in [-0.25, -0.2) is 15.0 Å². The zero-order valence-electron chi connectivity index (χ0n) is 17.5. The predicted octanol–water partition coefficient (Wildman–Crippen LogP) is 5.19. The maximum atomic E-state index is 7.56. The molecule has 3 aromatic carbocycles. The molecule has 2 aromatic heterocycles. The van der Waals surface area contributed by atoms with Crippen LogP contribution in [0.1, 0.15) is 11.5 Å². The quantitative estimate of drug-likeness (QED) is 0.237. The molecular formula is C25H20N6O2. The van der Waals surface area contributed by atoms with Crippen LogP contribution in [0.15, 0.2) is 83.6 Å². The minimum Gasteiger partial charge on any atom is -0.484 e. The highest BCUT2D eigenvalue weighted by Gasteiger charge is 2.11. The van der Waals surface area contributed by atoms with Crippen molar-refractivity contribution < 1.29 is 9.15 Å². The summed E-state index contributed by atoms with van der Waals surface area (Å²) in [5.74, 6) is 2.37. The molecule has 5 aromatic rings. The lowest BCUT2D eigenvalue weighted by atomic mass is 10.1. The predicted molar refractivity (Wildman–Crippen MR) is 128 cm³/mol. The first-order valence-electron chi connectivity index (χ1n) is 10.2. The Morgan fingerprint density at radius 1 is 1.03 bits per heavy atom. The number of nitrogens with two attached hydrogens (primary N) is 1. The summed E-state index contributed by atoms with van der Waals surface area (Å²) >= 11 is 0. The number of oxazole rings is 1. The summed E-state index contributed by atoms with van der Waals surface area (Å²) in [6, 6.07) is 20.8. The lowest BCUT2D eigenvalue weighted by molar-refractivity contribution is 0.263. The molecule has 0 fully saturated rings. The van der Waals surface area contributed by atoms with Gasteiger partial charge in [-0.1, -0.05) is 24.3 Å². The van der Waals surface area contributed by atoms with Crippen molar-refractivity contribution in [1.29, 1.82) is 5.41 Å². The Morgan fingerprint density at radius 2 is 1.94 bits per heavy atom. The van der Waals surface area contributed by atoms with E-state index in [4.69, 9.17) is 30.3 Å². The van der Waals surface area contributed by atoms with E-state index in [0.717, 1.165) is 22.2 Å². The van der Waals surface area contributed by atoms with E-state index in [1.165, 1.54) is 12.5 Å². The molecule has 162 valence electrons. The first-order valence-corrected chi connectivity index (χ1v) is 10.2. The van der Waals surface area contributed by atoms with Gasteiger partial charge in [-0.3, -0.25) is 0 Å². The van der Waals surface area contributed by atoms with Crippen LogP contribution in [-0.4, -0.2) is 21.2 Å². The van der Waals surface area contributed by atoms with Gasteiger partial charge in [0.25, 0.3) is 0 Å². The lowest BCUT2D eigenvalue weighted by Crippen LogP contribution is -2.01. The molecular weight excluding hydrogens is 416 g/mol. The second kappa shape index (κ2) is 8.80. The van der Waals surface area contributed by atoms with Gasteiger partial charge in [0.1, 0.15) is 17.8 Å². The molecule has 0 bridgehead atoms. The van der Waals surface area contributed by atoms with Gasteiger partial charge in [0.05, 0.1) is 11.7 Å². The molecule has 8 nitrogen and oxygen atoms in total. The molecule has 0 aliphatic heterocycles. The standard InChI is InChI=1S/C25H20N6O2/c26-14-17-12-18(8-9-21(17)27)29-25-20-6-1-2-7-22(20)30-24(31-25)16-4-3-5-19(13-16)33-15-23-28-10-11-32-23/h1-14,26H,15,27H2,(H,29,30,31). The first-order chi connectivity index (χ1) is 16.2. The molecule has 4 N–H and O–H groups in total. The average molecular weight is 436 g/mol. The van der Waals surface area contributed by atoms with E-state index in [1.807, 2.05) is 60.7 Å². The van der Waals surface area contributed by atoms with E-state index in [9.17, 15) is 0 Å². The minimum atomic E-state index is 0.230. The Hall–Kier alpha value is -4.72. The molecule has 0 aliphatic carbocycles. The highest BCUT2D eigenvalue weighted by molar-refractivity contribution is 5.93.